The summed E-state index contributed by atoms with van der Waals surface area (Å²) in [6.07, 6.45) is 6.25. The van der Waals surface area contributed by atoms with Gasteiger partial charge < -0.3 is 5.32 Å². The Morgan fingerprint density at radius 3 is 3.06 bits per heavy atom. The monoisotopic (exact) mass is 249 g/mol. The van der Waals surface area contributed by atoms with E-state index >= 15 is 0 Å². The molecule has 0 saturated heterocycles. The van der Waals surface area contributed by atoms with E-state index in [2.05, 4.69) is 42.8 Å². The lowest BCUT2D eigenvalue weighted by Gasteiger charge is -2.25. The highest BCUT2D eigenvalue weighted by atomic mass is 32.1. The number of hydrogen-bond donors (Lipinski definition) is 1. The molecule has 17 heavy (non-hydrogen) atoms. The average Bonchev–Trinajstić information content (AvgIpc) is 2.76. The van der Waals surface area contributed by atoms with Crippen LogP contribution in [0.4, 0.5) is 0 Å². The van der Waals surface area contributed by atoms with Crippen LogP contribution < -0.4 is 5.32 Å². The Balaban J connectivity index is 1.64. The maximum absolute atomic E-state index is 3.61. The van der Waals surface area contributed by atoms with Crippen molar-refractivity contribution in [2.75, 3.05) is 13.1 Å². The average molecular weight is 249 g/mol. The molecule has 2 atom stereocenters. The van der Waals surface area contributed by atoms with Crippen LogP contribution in [-0.4, -0.2) is 13.1 Å². The molecule has 0 bridgehead atoms. The van der Waals surface area contributed by atoms with E-state index in [1.165, 1.54) is 30.7 Å². The van der Waals surface area contributed by atoms with Crippen molar-refractivity contribution < 1.29 is 0 Å². The Bertz CT molecular complexity index is 353. The van der Waals surface area contributed by atoms with Gasteiger partial charge in [0.15, 0.2) is 0 Å². The van der Waals surface area contributed by atoms with Crippen molar-refractivity contribution in [1.82, 2.24) is 5.32 Å². The van der Waals surface area contributed by atoms with E-state index in [0.29, 0.717) is 0 Å². The quantitative estimate of drug-likeness (QED) is 0.617. The lowest BCUT2D eigenvalue weighted by molar-refractivity contribution is 0.383. The number of hydrogen-bond acceptors (Lipinski definition) is 2. The van der Waals surface area contributed by atoms with Crippen molar-refractivity contribution in [2.45, 2.75) is 33.1 Å². The molecule has 1 nitrogen and oxygen atoms in total. The van der Waals surface area contributed by atoms with Gasteiger partial charge in [0, 0.05) is 4.88 Å². The molecule has 1 aliphatic carbocycles. The van der Waals surface area contributed by atoms with Gasteiger partial charge in [-0.25, -0.2) is 0 Å². The molecule has 1 N–H and O–H groups in total. The van der Waals surface area contributed by atoms with Crippen LogP contribution in [0, 0.1) is 11.8 Å². The van der Waals surface area contributed by atoms with Crippen molar-refractivity contribution >= 4 is 11.3 Å². The zero-order valence-electron chi connectivity index (χ0n) is 10.9. The largest absolute Gasteiger partial charge is 0.316 e. The third kappa shape index (κ3) is 4.29. The van der Waals surface area contributed by atoms with Crippen molar-refractivity contribution in [3.05, 3.63) is 34.0 Å². The molecule has 2 rings (SSSR count). The maximum Gasteiger partial charge on any atom is 0.00578 e. The third-order valence-electron chi connectivity index (χ3n) is 3.45. The van der Waals surface area contributed by atoms with Gasteiger partial charge in [0.05, 0.1) is 0 Å². The first-order chi connectivity index (χ1) is 8.24. The van der Waals surface area contributed by atoms with E-state index in [-0.39, 0.29) is 0 Å². The van der Waals surface area contributed by atoms with Crippen molar-refractivity contribution in [3.8, 4) is 0 Å². The third-order valence-corrected chi connectivity index (χ3v) is 4.38. The highest BCUT2D eigenvalue weighted by molar-refractivity contribution is 7.09. The summed E-state index contributed by atoms with van der Waals surface area (Å²) >= 11 is 1.86. The van der Waals surface area contributed by atoms with Gasteiger partial charge in [-0.2, -0.15) is 0 Å². The van der Waals surface area contributed by atoms with Crippen molar-refractivity contribution in [3.63, 3.8) is 0 Å². The van der Waals surface area contributed by atoms with Crippen LogP contribution in [-0.2, 0) is 6.42 Å². The van der Waals surface area contributed by atoms with Crippen molar-refractivity contribution in [2.24, 2.45) is 11.8 Å². The van der Waals surface area contributed by atoms with E-state index < -0.39 is 0 Å². The smallest absolute Gasteiger partial charge is 0.00578 e. The minimum atomic E-state index is 0.771. The Kier molecular flexibility index (Phi) is 4.81. The van der Waals surface area contributed by atoms with Gasteiger partial charge >= 0.3 is 0 Å². The van der Waals surface area contributed by atoms with Gasteiger partial charge in [-0.15, -0.1) is 11.3 Å². The standard InChI is InChI=1S/C15H23NS/c1-12-8-13(2)10-14(9-12)11-16-6-5-15-4-3-7-17-15/h3-4,7-8,12,14,16H,5-6,9-11H2,1-2H3. The molecule has 2 unspecified atom stereocenters. The second kappa shape index (κ2) is 6.36. The molecular formula is C15H23NS. The van der Waals surface area contributed by atoms with Crippen LogP contribution in [0.25, 0.3) is 0 Å². The van der Waals surface area contributed by atoms with Gasteiger partial charge in [0.2, 0.25) is 0 Å². The van der Waals surface area contributed by atoms with E-state index in [1.807, 2.05) is 11.3 Å². The van der Waals surface area contributed by atoms with Gasteiger partial charge in [0.25, 0.3) is 0 Å². The predicted octanol–water partition coefficient (Wildman–Crippen LogP) is 3.87. The lowest BCUT2D eigenvalue weighted by atomic mass is 9.84. The summed E-state index contributed by atoms with van der Waals surface area (Å²) in [5.74, 6) is 1.62. The molecule has 0 saturated carbocycles. The molecule has 0 aliphatic heterocycles. The molecule has 1 heterocycles. The molecule has 2 heteroatoms. The van der Waals surface area contributed by atoms with E-state index in [9.17, 15) is 0 Å². The molecule has 0 fully saturated rings. The molecule has 0 radical (unpaired) electrons. The van der Waals surface area contributed by atoms with Gasteiger partial charge in [-0.05, 0) is 62.6 Å². The van der Waals surface area contributed by atoms with E-state index in [4.69, 9.17) is 0 Å². The normalized spacial score (nSPS) is 24.7. The first-order valence-corrected chi connectivity index (χ1v) is 7.52. The fourth-order valence-electron chi connectivity index (χ4n) is 2.81. The summed E-state index contributed by atoms with van der Waals surface area (Å²) in [7, 11) is 0. The number of rotatable bonds is 5. The summed E-state index contributed by atoms with van der Waals surface area (Å²) in [5.41, 5.74) is 1.58. The molecule has 1 aromatic rings. The topological polar surface area (TPSA) is 12.0 Å². The second-order valence-electron chi connectivity index (χ2n) is 5.33. The van der Waals surface area contributed by atoms with Crippen molar-refractivity contribution in [1.29, 1.82) is 0 Å². The SMILES string of the molecule is CC1=CC(C)CC(CNCCc2cccs2)C1. The molecular weight excluding hydrogens is 226 g/mol. The summed E-state index contributed by atoms with van der Waals surface area (Å²) < 4.78 is 0. The van der Waals surface area contributed by atoms with Crippen LogP contribution in [0.2, 0.25) is 0 Å². The minimum absolute atomic E-state index is 0.771. The fraction of sp³-hybridized carbons (Fsp3) is 0.600. The van der Waals surface area contributed by atoms with Gasteiger partial charge in [-0.3, -0.25) is 0 Å². The number of allylic oxidation sites excluding steroid dienone is 2. The summed E-state index contributed by atoms with van der Waals surface area (Å²) in [6.45, 7) is 6.91. The Morgan fingerprint density at radius 2 is 2.35 bits per heavy atom. The van der Waals surface area contributed by atoms with Crippen LogP contribution in [0.5, 0.6) is 0 Å². The Morgan fingerprint density at radius 1 is 1.47 bits per heavy atom. The fourth-order valence-corrected chi connectivity index (χ4v) is 3.52. The first-order valence-electron chi connectivity index (χ1n) is 6.64. The van der Waals surface area contributed by atoms with E-state index in [1.54, 1.807) is 5.57 Å². The molecule has 1 aliphatic rings. The van der Waals surface area contributed by atoms with Crippen LogP contribution >= 0.6 is 11.3 Å². The van der Waals surface area contributed by atoms with Crippen LogP contribution in [0.3, 0.4) is 0 Å². The summed E-state index contributed by atoms with van der Waals surface area (Å²) in [4.78, 5) is 1.49. The number of nitrogens with one attached hydrogen (secondary N) is 1. The van der Waals surface area contributed by atoms with E-state index in [0.717, 1.165) is 18.4 Å². The molecule has 0 spiro atoms. The minimum Gasteiger partial charge on any atom is -0.316 e. The lowest BCUT2D eigenvalue weighted by Crippen LogP contribution is -2.27. The second-order valence-corrected chi connectivity index (χ2v) is 6.36. The van der Waals surface area contributed by atoms with Crippen LogP contribution in [0.1, 0.15) is 31.6 Å². The number of thiophene rings is 1. The molecule has 0 aromatic carbocycles. The zero-order valence-corrected chi connectivity index (χ0v) is 11.7. The molecule has 0 amide bonds. The maximum atomic E-state index is 3.61. The molecule has 94 valence electrons. The Hall–Kier alpha value is -0.600. The first kappa shape index (κ1) is 12.8. The van der Waals surface area contributed by atoms with Crippen LogP contribution in [0.15, 0.2) is 29.2 Å². The highest BCUT2D eigenvalue weighted by Gasteiger charge is 2.17. The predicted molar refractivity (Wildman–Crippen MR) is 76.5 cm³/mol. The highest BCUT2D eigenvalue weighted by Crippen LogP contribution is 2.27. The molecule has 1 aromatic heterocycles. The zero-order chi connectivity index (χ0) is 12.1. The Labute approximate surface area is 109 Å². The van der Waals surface area contributed by atoms with Gasteiger partial charge in [-0.1, -0.05) is 24.6 Å². The van der Waals surface area contributed by atoms with Gasteiger partial charge in [0.1, 0.15) is 0 Å². The summed E-state index contributed by atoms with van der Waals surface area (Å²) in [6, 6.07) is 4.36. The summed E-state index contributed by atoms with van der Waals surface area (Å²) in [5, 5.41) is 5.77.